The summed E-state index contributed by atoms with van der Waals surface area (Å²) in [7, 11) is 3.19. The molecular weight excluding hydrogens is 358 g/mol. The first-order chi connectivity index (χ1) is 13.5. The van der Waals surface area contributed by atoms with Crippen LogP contribution in [0.2, 0.25) is 0 Å². The lowest BCUT2D eigenvalue weighted by Crippen LogP contribution is -2.40. The Kier molecular flexibility index (Phi) is 8.30. The topological polar surface area (TPSA) is 79.9 Å². The van der Waals surface area contributed by atoms with Gasteiger partial charge in [0.1, 0.15) is 11.5 Å². The van der Waals surface area contributed by atoms with E-state index in [2.05, 4.69) is 10.6 Å². The van der Waals surface area contributed by atoms with Crippen molar-refractivity contribution in [2.45, 2.75) is 13.5 Å². The summed E-state index contributed by atoms with van der Waals surface area (Å²) in [5, 5.41) is 5.69. The molecule has 2 N–H and O–H groups in total. The van der Waals surface area contributed by atoms with E-state index in [0.29, 0.717) is 24.5 Å². The predicted octanol–water partition coefficient (Wildman–Crippen LogP) is 2.28. The van der Waals surface area contributed by atoms with Crippen molar-refractivity contribution in [1.82, 2.24) is 10.2 Å². The second-order valence-electron chi connectivity index (χ2n) is 6.21. The number of hydrogen-bond donors (Lipinski definition) is 2. The van der Waals surface area contributed by atoms with E-state index in [4.69, 9.17) is 9.47 Å². The average molecular weight is 385 g/mol. The van der Waals surface area contributed by atoms with E-state index < -0.39 is 0 Å². The van der Waals surface area contributed by atoms with Crippen molar-refractivity contribution in [2.24, 2.45) is 0 Å². The van der Waals surface area contributed by atoms with Crippen molar-refractivity contribution in [2.75, 3.05) is 39.2 Å². The first-order valence-electron chi connectivity index (χ1n) is 9.10. The molecule has 0 bridgehead atoms. The maximum absolute atomic E-state index is 12.3. The molecule has 7 nitrogen and oxygen atoms in total. The summed E-state index contributed by atoms with van der Waals surface area (Å²) in [6, 6.07) is 14.6. The summed E-state index contributed by atoms with van der Waals surface area (Å²) >= 11 is 0. The molecule has 0 spiro atoms. The van der Waals surface area contributed by atoms with Crippen LogP contribution < -0.4 is 20.1 Å². The number of carbonyl (C=O) groups excluding carboxylic acids is 2. The third-order valence-electron chi connectivity index (χ3n) is 4.18. The molecule has 28 heavy (non-hydrogen) atoms. The summed E-state index contributed by atoms with van der Waals surface area (Å²) in [6.45, 7) is 3.20. The number of ether oxygens (including phenoxy) is 2. The van der Waals surface area contributed by atoms with Gasteiger partial charge >= 0.3 is 0 Å². The van der Waals surface area contributed by atoms with Crippen molar-refractivity contribution in [3.8, 4) is 11.5 Å². The van der Waals surface area contributed by atoms with Gasteiger partial charge in [0.25, 0.3) is 0 Å². The lowest BCUT2D eigenvalue weighted by molar-refractivity contribution is -0.123. The zero-order valence-corrected chi connectivity index (χ0v) is 16.5. The number of nitrogens with zero attached hydrogens (tertiary/aromatic N) is 1. The third kappa shape index (κ3) is 6.92. The molecule has 0 unspecified atom stereocenters. The number of anilines is 1. The van der Waals surface area contributed by atoms with Crippen LogP contribution in [0.3, 0.4) is 0 Å². The first kappa shape index (κ1) is 21.2. The lowest BCUT2D eigenvalue weighted by Gasteiger charge is -2.19. The van der Waals surface area contributed by atoms with Crippen LogP contribution in [-0.2, 0) is 16.1 Å². The minimum absolute atomic E-state index is 0.129. The van der Waals surface area contributed by atoms with Gasteiger partial charge in [-0.25, -0.2) is 0 Å². The van der Waals surface area contributed by atoms with Gasteiger partial charge in [-0.05, 0) is 36.4 Å². The predicted molar refractivity (Wildman–Crippen MR) is 109 cm³/mol. The molecule has 0 heterocycles. The molecule has 0 atom stereocenters. The fraction of sp³-hybridized carbons (Fsp3) is 0.333. The molecule has 7 heteroatoms. The van der Waals surface area contributed by atoms with Crippen LogP contribution in [0.25, 0.3) is 0 Å². The monoisotopic (exact) mass is 385 g/mol. The van der Waals surface area contributed by atoms with Crippen molar-refractivity contribution in [3.63, 3.8) is 0 Å². The molecule has 2 aromatic rings. The van der Waals surface area contributed by atoms with Gasteiger partial charge in [-0.15, -0.1) is 0 Å². The Morgan fingerprint density at radius 3 is 2.25 bits per heavy atom. The summed E-state index contributed by atoms with van der Waals surface area (Å²) in [5.74, 6) is 1.13. The SMILES string of the molecule is CCN(CC(=O)NCc1ccc(OC)cc1)CC(=O)Nc1cccc(OC)c1. The van der Waals surface area contributed by atoms with Gasteiger partial charge in [0, 0.05) is 18.3 Å². The van der Waals surface area contributed by atoms with E-state index in [1.54, 1.807) is 43.4 Å². The van der Waals surface area contributed by atoms with Gasteiger partial charge in [0.15, 0.2) is 0 Å². The van der Waals surface area contributed by atoms with Crippen LogP contribution >= 0.6 is 0 Å². The van der Waals surface area contributed by atoms with Gasteiger partial charge in [-0.1, -0.05) is 25.1 Å². The smallest absolute Gasteiger partial charge is 0.238 e. The summed E-state index contributed by atoms with van der Waals surface area (Å²) in [4.78, 5) is 26.2. The Hall–Kier alpha value is -3.06. The lowest BCUT2D eigenvalue weighted by atomic mass is 10.2. The first-order valence-corrected chi connectivity index (χ1v) is 9.10. The summed E-state index contributed by atoms with van der Waals surface area (Å²) in [5.41, 5.74) is 1.64. The molecule has 0 saturated carbocycles. The Morgan fingerprint density at radius 1 is 0.929 bits per heavy atom. The zero-order chi connectivity index (χ0) is 20.4. The van der Waals surface area contributed by atoms with E-state index in [-0.39, 0.29) is 24.9 Å². The second-order valence-corrected chi connectivity index (χ2v) is 6.21. The van der Waals surface area contributed by atoms with Crippen LogP contribution in [0.15, 0.2) is 48.5 Å². The molecule has 0 saturated heterocycles. The van der Waals surface area contributed by atoms with E-state index in [1.165, 1.54) is 0 Å². The molecule has 0 fully saturated rings. The Morgan fingerprint density at radius 2 is 1.61 bits per heavy atom. The molecule has 0 aliphatic rings. The van der Waals surface area contributed by atoms with Crippen LogP contribution in [0.4, 0.5) is 5.69 Å². The number of likely N-dealkylation sites (N-methyl/N-ethyl adjacent to an activating group) is 1. The number of benzene rings is 2. The van der Waals surface area contributed by atoms with Crippen molar-refractivity contribution >= 4 is 17.5 Å². The number of rotatable bonds is 10. The maximum atomic E-state index is 12.3. The number of methoxy groups -OCH3 is 2. The largest absolute Gasteiger partial charge is 0.497 e. The highest BCUT2D eigenvalue weighted by molar-refractivity contribution is 5.92. The van der Waals surface area contributed by atoms with Crippen molar-refractivity contribution < 1.29 is 19.1 Å². The van der Waals surface area contributed by atoms with E-state index in [0.717, 1.165) is 11.3 Å². The maximum Gasteiger partial charge on any atom is 0.238 e. The van der Waals surface area contributed by atoms with Crippen LogP contribution in [-0.4, -0.2) is 50.6 Å². The van der Waals surface area contributed by atoms with Gasteiger partial charge in [0.2, 0.25) is 11.8 Å². The molecule has 2 aromatic carbocycles. The fourth-order valence-electron chi connectivity index (χ4n) is 2.59. The average Bonchev–Trinajstić information content (AvgIpc) is 2.72. The van der Waals surface area contributed by atoms with Crippen molar-refractivity contribution in [3.05, 3.63) is 54.1 Å². The van der Waals surface area contributed by atoms with E-state index in [9.17, 15) is 9.59 Å². The highest BCUT2D eigenvalue weighted by atomic mass is 16.5. The van der Waals surface area contributed by atoms with E-state index >= 15 is 0 Å². The Balaban J connectivity index is 1.79. The van der Waals surface area contributed by atoms with Crippen LogP contribution in [0, 0.1) is 0 Å². The highest BCUT2D eigenvalue weighted by Crippen LogP contribution is 2.16. The Labute approximate surface area is 165 Å². The standard InChI is InChI=1S/C21H27N3O4/c1-4-24(15-21(26)23-17-6-5-7-19(12-17)28-3)14-20(25)22-13-16-8-10-18(27-2)11-9-16/h5-12H,4,13-15H2,1-3H3,(H,22,25)(H,23,26). The number of nitrogens with one attached hydrogen (secondary N) is 2. The molecule has 0 aliphatic carbocycles. The van der Waals surface area contributed by atoms with E-state index in [1.807, 2.05) is 31.2 Å². The quantitative estimate of drug-likeness (QED) is 0.656. The van der Waals surface area contributed by atoms with Crippen molar-refractivity contribution in [1.29, 1.82) is 0 Å². The number of carbonyl (C=O) groups is 2. The molecule has 0 aromatic heterocycles. The minimum Gasteiger partial charge on any atom is -0.497 e. The van der Waals surface area contributed by atoms with Crippen LogP contribution in [0.1, 0.15) is 12.5 Å². The normalized spacial score (nSPS) is 10.4. The second kappa shape index (κ2) is 10.9. The third-order valence-corrected chi connectivity index (χ3v) is 4.18. The summed E-state index contributed by atoms with van der Waals surface area (Å²) in [6.07, 6.45) is 0. The number of hydrogen-bond acceptors (Lipinski definition) is 5. The minimum atomic E-state index is -0.182. The fourth-order valence-corrected chi connectivity index (χ4v) is 2.59. The molecule has 0 aliphatic heterocycles. The molecule has 2 amide bonds. The number of amides is 2. The molecule has 0 radical (unpaired) electrons. The van der Waals surface area contributed by atoms with Gasteiger partial charge in [-0.2, -0.15) is 0 Å². The zero-order valence-electron chi connectivity index (χ0n) is 16.5. The van der Waals surface area contributed by atoms with Gasteiger partial charge in [-0.3, -0.25) is 14.5 Å². The molecule has 150 valence electrons. The Bertz CT molecular complexity index is 777. The summed E-state index contributed by atoms with van der Waals surface area (Å²) < 4.78 is 10.3. The molecule has 2 rings (SSSR count). The van der Waals surface area contributed by atoms with Gasteiger partial charge in [0.05, 0.1) is 27.3 Å². The highest BCUT2D eigenvalue weighted by Gasteiger charge is 2.13. The molecular formula is C21H27N3O4. The van der Waals surface area contributed by atoms with Crippen LogP contribution in [0.5, 0.6) is 11.5 Å². The van der Waals surface area contributed by atoms with Gasteiger partial charge < -0.3 is 20.1 Å².